The summed E-state index contributed by atoms with van der Waals surface area (Å²) in [5, 5.41) is 0. The van der Waals surface area contributed by atoms with Gasteiger partial charge in [-0.15, -0.1) is 0 Å². The van der Waals surface area contributed by atoms with E-state index < -0.39 is 5.54 Å². The smallest absolute Gasteiger partial charge is 1.00 e. The molecule has 0 saturated carbocycles. The predicted molar refractivity (Wildman–Crippen MR) is 112 cm³/mol. The standard InChI is InChI=1S/C25H22N2O.Na.H/c28-18-10-17-24-19-27(20-26-24)25(21-11-4-1-5-12-21,22-13-6-2-7-14-22)23-15-8-3-9-16-23;;/h1-9,11-16,18-20H,10,17H2;;/q;+1;-1. The van der Waals surface area contributed by atoms with Crippen LogP contribution in [0.2, 0.25) is 0 Å². The molecule has 0 atom stereocenters. The van der Waals surface area contributed by atoms with Gasteiger partial charge < -0.3 is 10.8 Å². The number of aldehydes is 1. The molecule has 0 spiro atoms. The van der Waals surface area contributed by atoms with Crippen LogP contribution in [0.4, 0.5) is 0 Å². The predicted octanol–water partition coefficient (Wildman–Crippen LogP) is 1.97. The van der Waals surface area contributed by atoms with Crippen LogP contribution in [0.5, 0.6) is 0 Å². The number of hydrogen-bond donors (Lipinski definition) is 0. The molecular weight excluding hydrogens is 367 g/mol. The Morgan fingerprint density at radius 2 is 1.24 bits per heavy atom. The summed E-state index contributed by atoms with van der Waals surface area (Å²) in [6.45, 7) is 0. The number of imidazole rings is 1. The van der Waals surface area contributed by atoms with Crippen molar-refractivity contribution >= 4 is 6.29 Å². The molecular formula is C25H23N2NaO. The van der Waals surface area contributed by atoms with E-state index in [4.69, 9.17) is 0 Å². The van der Waals surface area contributed by atoms with Crippen LogP contribution in [0.1, 0.15) is 30.2 Å². The third-order valence-electron chi connectivity index (χ3n) is 5.12. The molecule has 4 heteroatoms. The van der Waals surface area contributed by atoms with Gasteiger partial charge in [0.2, 0.25) is 0 Å². The summed E-state index contributed by atoms with van der Waals surface area (Å²) < 4.78 is 2.17. The Morgan fingerprint density at radius 3 is 1.66 bits per heavy atom. The molecule has 1 aromatic heterocycles. The summed E-state index contributed by atoms with van der Waals surface area (Å²) in [4.78, 5) is 15.4. The van der Waals surface area contributed by atoms with Gasteiger partial charge in [-0.05, 0) is 23.1 Å². The van der Waals surface area contributed by atoms with Crippen molar-refractivity contribution in [3.8, 4) is 0 Å². The first-order valence-corrected chi connectivity index (χ1v) is 9.49. The second-order valence-corrected chi connectivity index (χ2v) is 6.79. The van der Waals surface area contributed by atoms with Gasteiger partial charge in [0.1, 0.15) is 11.8 Å². The Kier molecular flexibility index (Phi) is 7.21. The zero-order valence-electron chi connectivity index (χ0n) is 17.6. The van der Waals surface area contributed by atoms with Crippen molar-refractivity contribution in [1.82, 2.24) is 9.55 Å². The first-order chi connectivity index (χ1) is 13.9. The van der Waals surface area contributed by atoms with Crippen molar-refractivity contribution in [1.29, 1.82) is 0 Å². The SMILES string of the molecule is O=CCCc1cn(C(c2ccccc2)(c2ccccc2)c2ccccc2)cn1.[H-].[Na+]. The van der Waals surface area contributed by atoms with Crippen LogP contribution in [-0.2, 0) is 16.8 Å². The Morgan fingerprint density at radius 1 is 0.793 bits per heavy atom. The van der Waals surface area contributed by atoms with Gasteiger partial charge in [-0.2, -0.15) is 0 Å². The number of carbonyl (C=O) groups is 1. The van der Waals surface area contributed by atoms with Gasteiger partial charge in [0.05, 0.1) is 12.0 Å². The van der Waals surface area contributed by atoms with Crippen LogP contribution in [0, 0.1) is 0 Å². The van der Waals surface area contributed by atoms with Crippen LogP contribution in [-0.4, -0.2) is 15.8 Å². The largest absolute Gasteiger partial charge is 1.00 e. The molecule has 0 N–H and O–H groups in total. The zero-order chi connectivity index (χ0) is 19.2. The normalized spacial score (nSPS) is 10.9. The van der Waals surface area contributed by atoms with Crippen LogP contribution >= 0.6 is 0 Å². The number of hydrogen-bond acceptors (Lipinski definition) is 2. The topological polar surface area (TPSA) is 34.9 Å². The van der Waals surface area contributed by atoms with Crippen molar-refractivity contribution < 1.29 is 35.8 Å². The average Bonchev–Trinajstić information content (AvgIpc) is 3.24. The molecule has 0 amide bonds. The molecule has 140 valence electrons. The molecule has 4 aromatic rings. The van der Waals surface area contributed by atoms with Crippen molar-refractivity contribution in [2.24, 2.45) is 0 Å². The molecule has 3 aromatic carbocycles. The fraction of sp³-hybridized carbons (Fsp3) is 0.120. The molecule has 0 unspecified atom stereocenters. The molecule has 0 aliphatic rings. The molecule has 0 aliphatic carbocycles. The number of benzene rings is 3. The van der Waals surface area contributed by atoms with E-state index in [1.807, 2.05) is 24.5 Å². The Labute approximate surface area is 195 Å². The average molecular weight is 390 g/mol. The Balaban J connectivity index is 0.00000160. The molecule has 0 aliphatic heterocycles. The van der Waals surface area contributed by atoms with E-state index in [-0.39, 0.29) is 31.0 Å². The summed E-state index contributed by atoms with van der Waals surface area (Å²) in [6.07, 6.45) is 6.01. The molecule has 0 fully saturated rings. The minimum atomic E-state index is -0.545. The van der Waals surface area contributed by atoms with Crippen LogP contribution < -0.4 is 29.6 Å². The monoisotopic (exact) mass is 390 g/mol. The molecule has 0 bridgehead atoms. The summed E-state index contributed by atoms with van der Waals surface area (Å²) in [5.41, 5.74) is 3.85. The second-order valence-electron chi connectivity index (χ2n) is 6.79. The second kappa shape index (κ2) is 9.84. The molecule has 4 rings (SSSR count). The van der Waals surface area contributed by atoms with Gasteiger partial charge in [-0.1, -0.05) is 91.0 Å². The first-order valence-electron chi connectivity index (χ1n) is 9.49. The van der Waals surface area contributed by atoms with Crippen LogP contribution in [0.15, 0.2) is 104 Å². The van der Waals surface area contributed by atoms with Gasteiger partial charge in [-0.25, -0.2) is 4.98 Å². The number of aromatic nitrogens is 2. The maximum Gasteiger partial charge on any atom is 1.00 e. The van der Waals surface area contributed by atoms with Crippen LogP contribution in [0.3, 0.4) is 0 Å². The third kappa shape index (κ3) is 4.13. The van der Waals surface area contributed by atoms with Gasteiger partial charge in [0, 0.05) is 12.6 Å². The summed E-state index contributed by atoms with van der Waals surface area (Å²) in [5.74, 6) is 0. The van der Waals surface area contributed by atoms with Crippen molar-refractivity contribution in [3.05, 3.63) is 126 Å². The maximum absolute atomic E-state index is 10.8. The van der Waals surface area contributed by atoms with Gasteiger partial charge >= 0.3 is 29.6 Å². The van der Waals surface area contributed by atoms with E-state index in [0.29, 0.717) is 12.8 Å². The number of aryl methyl sites for hydroxylation is 1. The van der Waals surface area contributed by atoms with Crippen molar-refractivity contribution in [2.45, 2.75) is 18.4 Å². The number of nitrogens with zero attached hydrogens (tertiary/aromatic N) is 2. The summed E-state index contributed by atoms with van der Waals surface area (Å²) in [7, 11) is 0. The summed E-state index contributed by atoms with van der Waals surface area (Å²) in [6, 6.07) is 31.5. The van der Waals surface area contributed by atoms with E-state index in [9.17, 15) is 4.79 Å². The minimum Gasteiger partial charge on any atom is -1.00 e. The number of rotatable bonds is 7. The number of carbonyl (C=O) groups excluding carboxylic acids is 1. The maximum atomic E-state index is 10.8. The van der Waals surface area contributed by atoms with E-state index in [0.717, 1.165) is 28.7 Å². The van der Waals surface area contributed by atoms with E-state index in [1.165, 1.54) is 0 Å². The van der Waals surface area contributed by atoms with Crippen molar-refractivity contribution in [3.63, 3.8) is 0 Å². The van der Waals surface area contributed by atoms with E-state index in [1.54, 1.807) is 0 Å². The zero-order valence-corrected chi connectivity index (χ0v) is 18.6. The van der Waals surface area contributed by atoms with E-state index in [2.05, 4.69) is 88.5 Å². The fourth-order valence-corrected chi connectivity index (χ4v) is 3.87. The van der Waals surface area contributed by atoms with Gasteiger partial charge in [-0.3, -0.25) is 0 Å². The van der Waals surface area contributed by atoms with Gasteiger partial charge in [0.15, 0.2) is 0 Å². The molecule has 29 heavy (non-hydrogen) atoms. The first kappa shape index (κ1) is 21.3. The quantitative estimate of drug-likeness (QED) is 0.275. The van der Waals surface area contributed by atoms with E-state index >= 15 is 0 Å². The minimum absolute atomic E-state index is 0. The molecule has 0 saturated heterocycles. The Bertz CT molecular complexity index is 940. The van der Waals surface area contributed by atoms with Crippen molar-refractivity contribution in [2.75, 3.05) is 0 Å². The Hall–Kier alpha value is -2.46. The molecule has 3 nitrogen and oxygen atoms in total. The summed E-state index contributed by atoms with van der Waals surface area (Å²) >= 11 is 0. The van der Waals surface area contributed by atoms with Gasteiger partial charge in [0.25, 0.3) is 0 Å². The molecule has 0 radical (unpaired) electrons. The third-order valence-corrected chi connectivity index (χ3v) is 5.12. The molecule has 1 heterocycles. The fourth-order valence-electron chi connectivity index (χ4n) is 3.87. The van der Waals surface area contributed by atoms with Crippen LogP contribution in [0.25, 0.3) is 0 Å².